The van der Waals surface area contributed by atoms with Crippen molar-refractivity contribution in [2.45, 2.75) is 19.9 Å². The molecule has 2 aromatic carbocycles. The van der Waals surface area contributed by atoms with E-state index in [9.17, 15) is 9.90 Å². The lowest BCUT2D eigenvalue weighted by molar-refractivity contribution is 0.121. The number of amides is 2. The van der Waals surface area contributed by atoms with Crippen molar-refractivity contribution in [2.75, 3.05) is 20.2 Å². The summed E-state index contributed by atoms with van der Waals surface area (Å²) in [6, 6.07) is 16.8. The van der Waals surface area contributed by atoms with Gasteiger partial charge in [-0.25, -0.2) is 4.79 Å². The second-order valence-corrected chi connectivity index (χ2v) is 7.46. The van der Waals surface area contributed by atoms with Crippen molar-refractivity contribution in [1.29, 1.82) is 0 Å². The van der Waals surface area contributed by atoms with Crippen LogP contribution in [0.1, 0.15) is 31.0 Å². The molecular formula is C20H25ClN2O2. The van der Waals surface area contributed by atoms with E-state index in [2.05, 4.69) is 5.32 Å². The zero-order valence-corrected chi connectivity index (χ0v) is 15.6. The van der Waals surface area contributed by atoms with Gasteiger partial charge in [-0.05, 0) is 23.3 Å². The van der Waals surface area contributed by atoms with E-state index in [1.165, 1.54) is 0 Å². The molecular weight excluding hydrogens is 336 g/mol. The number of urea groups is 1. The molecule has 1 unspecified atom stereocenters. The predicted octanol–water partition coefficient (Wildman–Crippen LogP) is 4.09. The number of carbonyl (C=O) groups is 1. The van der Waals surface area contributed by atoms with E-state index < -0.39 is 0 Å². The topological polar surface area (TPSA) is 52.6 Å². The smallest absolute Gasteiger partial charge is 0.317 e. The van der Waals surface area contributed by atoms with Crippen LogP contribution in [-0.2, 0) is 0 Å². The maximum Gasteiger partial charge on any atom is 0.317 e. The molecule has 2 rings (SSSR count). The number of carbonyl (C=O) groups excluding carboxylic acids is 1. The van der Waals surface area contributed by atoms with Crippen molar-refractivity contribution in [2.24, 2.45) is 5.41 Å². The van der Waals surface area contributed by atoms with Gasteiger partial charge in [-0.3, -0.25) is 0 Å². The average Bonchev–Trinajstić information content (AvgIpc) is 2.60. The lowest BCUT2D eigenvalue weighted by Crippen LogP contribution is -2.44. The Morgan fingerprint density at radius 1 is 1.12 bits per heavy atom. The van der Waals surface area contributed by atoms with E-state index in [1.807, 2.05) is 68.4 Å². The fourth-order valence-corrected chi connectivity index (χ4v) is 2.78. The highest BCUT2D eigenvalue weighted by molar-refractivity contribution is 6.30. The monoisotopic (exact) mass is 360 g/mol. The molecule has 1 atom stereocenters. The summed E-state index contributed by atoms with van der Waals surface area (Å²) in [5, 5.41) is 13.2. The molecule has 0 bridgehead atoms. The Hall–Kier alpha value is -2.04. The van der Waals surface area contributed by atoms with Gasteiger partial charge >= 0.3 is 6.03 Å². The summed E-state index contributed by atoms with van der Waals surface area (Å²) < 4.78 is 0. The SMILES string of the molecule is CN(CC(C)(C)CO)C(=O)NC(c1ccccc1)c1ccc(Cl)cc1. The number of aliphatic hydroxyl groups excluding tert-OH is 1. The number of rotatable bonds is 6. The van der Waals surface area contributed by atoms with Crippen molar-refractivity contribution < 1.29 is 9.90 Å². The number of benzene rings is 2. The Labute approximate surface area is 154 Å². The highest BCUT2D eigenvalue weighted by atomic mass is 35.5. The van der Waals surface area contributed by atoms with E-state index in [0.29, 0.717) is 11.6 Å². The maximum atomic E-state index is 12.7. The zero-order chi connectivity index (χ0) is 18.4. The standard InChI is InChI=1S/C20H25ClN2O2/c1-20(2,14-24)13-23(3)19(25)22-18(15-7-5-4-6-8-15)16-9-11-17(21)12-10-16/h4-12,18,24H,13-14H2,1-3H3,(H,22,25). The largest absolute Gasteiger partial charge is 0.396 e. The first-order valence-electron chi connectivity index (χ1n) is 8.25. The van der Waals surface area contributed by atoms with E-state index >= 15 is 0 Å². The summed E-state index contributed by atoms with van der Waals surface area (Å²) in [4.78, 5) is 14.3. The summed E-state index contributed by atoms with van der Waals surface area (Å²) >= 11 is 5.99. The lowest BCUT2D eigenvalue weighted by atomic mass is 9.94. The highest BCUT2D eigenvalue weighted by Gasteiger charge is 2.24. The van der Waals surface area contributed by atoms with E-state index in [0.717, 1.165) is 11.1 Å². The molecule has 0 aromatic heterocycles. The third-order valence-corrected chi connectivity index (χ3v) is 4.30. The van der Waals surface area contributed by atoms with E-state index in [-0.39, 0.29) is 24.1 Å². The van der Waals surface area contributed by atoms with Crippen LogP contribution < -0.4 is 5.32 Å². The molecule has 2 N–H and O–H groups in total. The van der Waals surface area contributed by atoms with E-state index in [1.54, 1.807) is 11.9 Å². The van der Waals surface area contributed by atoms with Crippen molar-refractivity contribution in [3.63, 3.8) is 0 Å². The highest BCUT2D eigenvalue weighted by Crippen LogP contribution is 2.24. The molecule has 2 amide bonds. The van der Waals surface area contributed by atoms with Crippen LogP contribution in [-0.4, -0.2) is 36.2 Å². The quantitative estimate of drug-likeness (QED) is 0.815. The summed E-state index contributed by atoms with van der Waals surface area (Å²) in [6.07, 6.45) is 0. The fraction of sp³-hybridized carbons (Fsp3) is 0.350. The Morgan fingerprint density at radius 3 is 2.24 bits per heavy atom. The summed E-state index contributed by atoms with van der Waals surface area (Å²) in [5.41, 5.74) is 1.60. The summed E-state index contributed by atoms with van der Waals surface area (Å²) in [6.45, 7) is 4.32. The van der Waals surface area contributed by atoms with Gasteiger partial charge in [-0.15, -0.1) is 0 Å². The van der Waals surface area contributed by atoms with Gasteiger partial charge in [0.1, 0.15) is 0 Å². The van der Waals surface area contributed by atoms with Crippen molar-refractivity contribution >= 4 is 17.6 Å². The van der Waals surface area contributed by atoms with E-state index in [4.69, 9.17) is 11.6 Å². The van der Waals surface area contributed by atoms with Gasteiger partial charge in [0.2, 0.25) is 0 Å². The van der Waals surface area contributed by atoms with Crippen LogP contribution in [0.25, 0.3) is 0 Å². The first-order valence-corrected chi connectivity index (χ1v) is 8.63. The molecule has 0 spiro atoms. The minimum absolute atomic E-state index is 0.0178. The molecule has 25 heavy (non-hydrogen) atoms. The third kappa shape index (κ3) is 5.48. The number of nitrogens with one attached hydrogen (secondary N) is 1. The predicted molar refractivity (Wildman–Crippen MR) is 102 cm³/mol. The average molecular weight is 361 g/mol. The van der Waals surface area contributed by atoms with Crippen LogP contribution in [0.15, 0.2) is 54.6 Å². The molecule has 134 valence electrons. The molecule has 0 fully saturated rings. The van der Waals surface area contributed by atoms with Crippen LogP contribution >= 0.6 is 11.6 Å². The normalized spacial score (nSPS) is 12.5. The minimum Gasteiger partial charge on any atom is -0.396 e. The number of hydrogen-bond acceptors (Lipinski definition) is 2. The van der Waals surface area contributed by atoms with Crippen molar-refractivity contribution in [3.05, 3.63) is 70.7 Å². The second kappa shape index (κ2) is 8.37. The molecule has 4 nitrogen and oxygen atoms in total. The molecule has 0 saturated heterocycles. The van der Waals surface area contributed by atoms with Gasteiger partial charge in [0.05, 0.1) is 6.04 Å². The van der Waals surface area contributed by atoms with Gasteiger partial charge in [0.15, 0.2) is 0 Å². The summed E-state index contributed by atoms with van der Waals surface area (Å²) in [5.74, 6) is 0. The van der Waals surface area contributed by atoms with Gasteiger partial charge in [-0.2, -0.15) is 0 Å². The molecule has 0 radical (unpaired) electrons. The fourth-order valence-electron chi connectivity index (χ4n) is 2.66. The minimum atomic E-state index is -0.353. The van der Waals surface area contributed by atoms with Crippen molar-refractivity contribution in [3.8, 4) is 0 Å². The lowest BCUT2D eigenvalue weighted by Gasteiger charge is -2.30. The first-order chi connectivity index (χ1) is 11.8. The molecule has 0 heterocycles. The molecule has 5 heteroatoms. The van der Waals surface area contributed by atoms with Crippen LogP contribution in [0.5, 0.6) is 0 Å². The number of aliphatic hydroxyl groups is 1. The Bertz CT molecular complexity index is 687. The summed E-state index contributed by atoms with van der Waals surface area (Å²) in [7, 11) is 1.73. The molecule has 2 aromatic rings. The Kier molecular flexibility index (Phi) is 6.45. The number of nitrogens with zero attached hydrogens (tertiary/aromatic N) is 1. The third-order valence-electron chi connectivity index (χ3n) is 4.04. The molecule has 0 aliphatic rings. The second-order valence-electron chi connectivity index (χ2n) is 7.02. The number of halogens is 1. The van der Waals surface area contributed by atoms with Gasteiger partial charge in [0.25, 0.3) is 0 Å². The Balaban J connectivity index is 2.22. The molecule has 0 saturated carbocycles. The maximum absolute atomic E-state index is 12.7. The molecule has 0 aliphatic heterocycles. The number of hydrogen-bond donors (Lipinski definition) is 2. The molecule has 0 aliphatic carbocycles. The van der Waals surface area contributed by atoms with Gasteiger partial charge < -0.3 is 15.3 Å². The van der Waals surface area contributed by atoms with Gasteiger partial charge in [0, 0.05) is 30.6 Å². The van der Waals surface area contributed by atoms with Gasteiger partial charge in [-0.1, -0.05) is 67.9 Å². The van der Waals surface area contributed by atoms with Crippen LogP contribution in [0.4, 0.5) is 4.79 Å². The Morgan fingerprint density at radius 2 is 1.68 bits per heavy atom. The van der Waals surface area contributed by atoms with Crippen LogP contribution in [0, 0.1) is 5.41 Å². The van der Waals surface area contributed by atoms with Crippen LogP contribution in [0.3, 0.4) is 0 Å². The van der Waals surface area contributed by atoms with Crippen molar-refractivity contribution in [1.82, 2.24) is 10.2 Å². The van der Waals surface area contributed by atoms with Crippen LogP contribution in [0.2, 0.25) is 5.02 Å². The first kappa shape index (κ1) is 19.3. The zero-order valence-electron chi connectivity index (χ0n) is 14.9.